The van der Waals surface area contributed by atoms with E-state index in [1.54, 1.807) is 0 Å². The summed E-state index contributed by atoms with van der Waals surface area (Å²) in [5.41, 5.74) is 1.84. The van der Waals surface area contributed by atoms with Crippen molar-refractivity contribution in [1.82, 2.24) is 4.90 Å². The molecule has 142 valence electrons. The van der Waals surface area contributed by atoms with E-state index in [9.17, 15) is 4.79 Å². The first-order valence-corrected chi connectivity index (χ1v) is 9.91. The molecule has 2 aromatic rings. The van der Waals surface area contributed by atoms with Crippen LogP contribution in [0.15, 0.2) is 48.5 Å². The molecule has 4 rings (SSSR count). The second-order valence-corrected chi connectivity index (χ2v) is 7.59. The van der Waals surface area contributed by atoms with Crippen molar-refractivity contribution in [3.05, 3.63) is 59.7 Å². The lowest BCUT2D eigenvalue weighted by Crippen LogP contribution is -2.37. The molecular weight excluding hydrogens is 338 g/mol. The Morgan fingerprint density at radius 3 is 2.81 bits per heavy atom. The zero-order chi connectivity index (χ0) is 18.6. The Labute approximate surface area is 161 Å². The van der Waals surface area contributed by atoms with Crippen LogP contribution in [0.2, 0.25) is 0 Å². The van der Waals surface area contributed by atoms with Gasteiger partial charge in [-0.1, -0.05) is 42.8 Å². The van der Waals surface area contributed by atoms with Gasteiger partial charge in [-0.15, -0.1) is 0 Å². The number of rotatable bonds is 5. The van der Waals surface area contributed by atoms with Gasteiger partial charge in [-0.2, -0.15) is 0 Å². The molecule has 1 fully saturated rings. The quantitative estimate of drug-likeness (QED) is 0.797. The number of ether oxygens (including phenoxy) is 2. The predicted molar refractivity (Wildman–Crippen MR) is 105 cm³/mol. The third-order valence-corrected chi connectivity index (χ3v) is 5.68. The number of nitrogens with zero attached hydrogens (tertiary/aromatic N) is 1. The maximum absolute atomic E-state index is 12.5. The molecule has 0 aliphatic carbocycles. The Morgan fingerprint density at radius 2 is 2.00 bits per heavy atom. The summed E-state index contributed by atoms with van der Waals surface area (Å²) in [4.78, 5) is 14.9. The average molecular weight is 365 g/mol. The minimum Gasteiger partial charge on any atom is -0.493 e. The van der Waals surface area contributed by atoms with Gasteiger partial charge in [0.25, 0.3) is 0 Å². The van der Waals surface area contributed by atoms with E-state index in [0.717, 1.165) is 29.0 Å². The number of benzene rings is 2. The van der Waals surface area contributed by atoms with Gasteiger partial charge >= 0.3 is 0 Å². The van der Waals surface area contributed by atoms with Gasteiger partial charge < -0.3 is 14.4 Å². The minimum atomic E-state index is -0.523. The molecule has 0 radical (unpaired) electrons. The number of carbonyl (C=O) groups is 1. The third kappa shape index (κ3) is 4.16. The van der Waals surface area contributed by atoms with Gasteiger partial charge in [-0.25, -0.2) is 0 Å². The molecular formula is C23H27NO3. The molecule has 2 aromatic carbocycles. The second kappa shape index (κ2) is 8.13. The predicted octanol–water partition coefficient (Wildman–Crippen LogP) is 4.19. The number of carbonyl (C=O) groups excluding carboxylic acids is 1. The summed E-state index contributed by atoms with van der Waals surface area (Å²) in [5.74, 6) is 1.67. The molecule has 2 heterocycles. The highest BCUT2D eigenvalue weighted by molar-refractivity contribution is 5.88. The second-order valence-electron chi connectivity index (χ2n) is 7.59. The van der Waals surface area contributed by atoms with Gasteiger partial charge in [0.1, 0.15) is 11.5 Å². The van der Waals surface area contributed by atoms with Crippen LogP contribution >= 0.6 is 0 Å². The molecule has 0 bridgehead atoms. The lowest BCUT2D eigenvalue weighted by atomic mass is 9.96. The first-order chi connectivity index (χ1) is 13.2. The monoisotopic (exact) mass is 365 g/mol. The van der Waals surface area contributed by atoms with Crippen LogP contribution in [-0.4, -0.2) is 36.9 Å². The van der Waals surface area contributed by atoms with Crippen LogP contribution < -0.4 is 9.47 Å². The summed E-state index contributed by atoms with van der Waals surface area (Å²) >= 11 is 0. The number of hydrogen-bond donors (Lipinski definition) is 0. The Kier molecular flexibility index (Phi) is 5.44. The van der Waals surface area contributed by atoms with Crippen molar-refractivity contribution in [2.75, 3.05) is 20.2 Å². The lowest BCUT2D eigenvalue weighted by Gasteiger charge is -2.32. The molecule has 0 aromatic heterocycles. The molecule has 4 heteroatoms. The summed E-state index contributed by atoms with van der Waals surface area (Å²) in [6.07, 6.45) is 4.80. The third-order valence-electron chi connectivity index (χ3n) is 5.68. The Bertz CT molecular complexity index is 789. The van der Waals surface area contributed by atoms with E-state index in [1.807, 2.05) is 48.5 Å². The van der Waals surface area contributed by atoms with Crippen molar-refractivity contribution in [3.63, 3.8) is 0 Å². The molecule has 27 heavy (non-hydrogen) atoms. The van der Waals surface area contributed by atoms with E-state index < -0.39 is 6.10 Å². The van der Waals surface area contributed by atoms with E-state index in [-0.39, 0.29) is 5.78 Å². The van der Waals surface area contributed by atoms with Crippen LogP contribution in [0.5, 0.6) is 11.5 Å². The van der Waals surface area contributed by atoms with E-state index in [1.165, 1.54) is 25.8 Å². The highest BCUT2D eigenvalue weighted by Gasteiger charge is 2.29. The van der Waals surface area contributed by atoms with Crippen molar-refractivity contribution < 1.29 is 14.3 Å². The van der Waals surface area contributed by atoms with Crippen LogP contribution in [0.3, 0.4) is 0 Å². The van der Waals surface area contributed by atoms with E-state index in [0.29, 0.717) is 19.1 Å². The van der Waals surface area contributed by atoms with Crippen molar-refractivity contribution >= 4 is 5.78 Å². The maximum Gasteiger partial charge on any atom is 0.182 e. The summed E-state index contributed by atoms with van der Waals surface area (Å²) in [5, 5.41) is 0. The molecule has 0 amide bonds. The fourth-order valence-corrected chi connectivity index (χ4v) is 4.06. The number of fused-ring (bicyclic) bond motifs is 1. The Balaban J connectivity index is 1.40. The van der Waals surface area contributed by atoms with Crippen LogP contribution in [0.1, 0.15) is 42.9 Å². The average Bonchev–Trinajstić information content (AvgIpc) is 2.70. The van der Waals surface area contributed by atoms with E-state index >= 15 is 0 Å². The Hall–Kier alpha value is -2.33. The van der Waals surface area contributed by atoms with Crippen molar-refractivity contribution in [2.24, 2.45) is 0 Å². The fourth-order valence-electron chi connectivity index (χ4n) is 4.06. The van der Waals surface area contributed by atoms with E-state index in [2.05, 4.69) is 11.9 Å². The molecule has 0 saturated carbocycles. The van der Waals surface area contributed by atoms with Crippen molar-refractivity contribution in [3.8, 4) is 11.5 Å². The largest absolute Gasteiger partial charge is 0.493 e. The first-order valence-electron chi connectivity index (χ1n) is 9.91. The zero-order valence-electron chi connectivity index (χ0n) is 15.9. The zero-order valence-corrected chi connectivity index (χ0v) is 15.9. The van der Waals surface area contributed by atoms with Crippen LogP contribution in [0.25, 0.3) is 0 Å². The number of ketones is 1. The van der Waals surface area contributed by atoms with Crippen molar-refractivity contribution in [1.29, 1.82) is 0 Å². The maximum atomic E-state index is 12.5. The summed E-state index contributed by atoms with van der Waals surface area (Å²) in [6.45, 7) is 1.89. The summed E-state index contributed by atoms with van der Waals surface area (Å²) in [6, 6.07) is 16.1. The van der Waals surface area contributed by atoms with Gasteiger partial charge in [0.2, 0.25) is 0 Å². The Morgan fingerprint density at radius 1 is 1.15 bits per heavy atom. The standard InChI is InChI=1S/C23H27NO3/c1-24-13-6-5-9-19(24)12-14-26-20-11-10-18-15-21(25)23(27-22(18)16-20)17-7-3-2-4-8-17/h2-4,7-8,10-11,16,19,23H,5-6,9,12-15H2,1H3. The normalized spacial score (nSPS) is 22.8. The number of hydrogen-bond acceptors (Lipinski definition) is 4. The van der Waals surface area contributed by atoms with Gasteiger partial charge in [-0.05, 0) is 44.5 Å². The highest BCUT2D eigenvalue weighted by atomic mass is 16.5. The molecule has 2 aliphatic rings. The van der Waals surface area contributed by atoms with Gasteiger partial charge in [-0.3, -0.25) is 4.79 Å². The molecule has 2 unspecified atom stereocenters. The first kappa shape index (κ1) is 18.1. The van der Waals surface area contributed by atoms with Crippen molar-refractivity contribution in [2.45, 2.75) is 44.2 Å². The smallest absolute Gasteiger partial charge is 0.182 e. The molecule has 2 atom stereocenters. The molecule has 4 nitrogen and oxygen atoms in total. The number of piperidine rings is 1. The van der Waals surface area contributed by atoms with E-state index in [4.69, 9.17) is 9.47 Å². The number of Topliss-reactive ketones (excluding diaryl/α,β-unsaturated/α-hetero) is 1. The fraction of sp³-hybridized carbons (Fsp3) is 0.435. The topological polar surface area (TPSA) is 38.8 Å². The molecule has 0 N–H and O–H groups in total. The summed E-state index contributed by atoms with van der Waals surface area (Å²) in [7, 11) is 2.21. The summed E-state index contributed by atoms with van der Waals surface area (Å²) < 4.78 is 12.0. The van der Waals surface area contributed by atoms with Crippen LogP contribution in [0, 0.1) is 0 Å². The minimum absolute atomic E-state index is 0.0997. The van der Waals surface area contributed by atoms with Gasteiger partial charge in [0, 0.05) is 24.1 Å². The van der Waals surface area contributed by atoms with Gasteiger partial charge in [0.05, 0.1) is 6.61 Å². The molecule has 1 saturated heterocycles. The van der Waals surface area contributed by atoms with Crippen LogP contribution in [0.4, 0.5) is 0 Å². The molecule has 2 aliphatic heterocycles. The highest BCUT2D eigenvalue weighted by Crippen LogP contribution is 2.35. The SMILES string of the molecule is CN1CCCCC1CCOc1ccc2c(c1)OC(c1ccccc1)C(=O)C2. The van der Waals surface area contributed by atoms with Crippen LogP contribution in [-0.2, 0) is 11.2 Å². The lowest BCUT2D eigenvalue weighted by molar-refractivity contribution is -0.126. The molecule has 0 spiro atoms. The van der Waals surface area contributed by atoms with Gasteiger partial charge in [0.15, 0.2) is 11.9 Å². The number of likely N-dealkylation sites (tertiary alicyclic amines) is 1.